The van der Waals surface area contributed by atoms with Crippen LogP contribution in [0.1, 0.15) is 60.6 Å². The normalized spacial score (nSPS) is 11.7. The Morgan fingerprint density at radius 2 is 1.80 bits per heavy atom. The smallest absolute Gasteiger partial charge is 0.268 e. The van der Waals surface area contributed by atoms with Crippen molar-refractivity contribution in [3.05, 3.63) is 57.9 Å². The molecule has 0 atom stereocenters. The van der Waals surface area contributed by atoms with Crippen LogP contribution in [0.2, 0.25) is 0 Å². The highest BCUT2D eigenvalue weighted by atomic mass is 19.2. The first-order valence-electron chi connectivity index (χ1n) is 8.50. The van der Waals surface area contributed by atoms with Crippen LogP contribution in [0, 0.1) is 25.5 Å². The van der Waals surface area contributed by atoms with Crippen LogP contribution in [-0.4, -0.2) is 16.0 Å². The van der Waals surface area contributed by atoms with E-state index in [-0.39, 0.29) is 11.4 Å². The molecule has 0 saturated carbocycles. The molecule has 1 aromatic carbocycles. The lowest BCUT2D eigenvalue weighted by molar-refractivity contribution is 0.0909. The second-order valence-electron chi connectivity index (χ2n) is 7.43. The van der Waals surface area contributed by atoms with E-state index in [4.69, 9.17) is 0 Å². The molecule has 3 nitrogen and oxygen atoms in total. The summed E-state index contributed by atoms with van der Waals surface area (Å²) in [5.74, 6) is -1.91. The Morgan fingerprint density at radius 3 is 2.32 bits per heavy atom. The van der Waals surface area contributed by atoms with Crippen LogP contribution in [-0.2, 0) is 13.0 Å². The Bertz CT molecular complexity index is 801. The number of nitrogens with one attached hydrogen (secondary N) is 1. The lowest BCUT2D eigenvalue weighted by Crippen LogP contribution is -2.41. The van der Waals surface area contributed by atoms with Gasteiger partial charge in [0.2, 0.25) is 0 Å². The molecule has 1 amide bonds. The Balaban J connectivity index is 2.51. The minimum atomic E-state index is -0.879. The molecule has 0 radical (unpaired) electrons. The van der Waals surface area contributed by atoms with Gasteiger partial charge in [-0.15, -0.1) is 0 Å². The number of rotatable bonds is 4. The van der Waals surface area contributed by atoms with Crippen molar-refractivity contribution in [2.45, 2.75) is 60.0 Å². The van der Waals surface area contributed by atoms with Gasteiger partial charge in [-0.2, -0.15) is 0 Å². The fourth-order valence-corrected chi connectivity index (χ4v) is 3.18. The lowest BCUT2D eigenvalue weighted by Gasteiger charge is -2.22. The van der Waals surface area contributed by atoms with Crippen LogP contribution in [0.3, 0.4) is 0 Å². The third-order valence-electron chi connectivity index (χ3n) is 4.30. The predicted molar refractivity (Wildman–Crippen MR) is 96.0 cm³/mol. The highest BCUT2D eigenvalue weighted by molar-refractivity contribution is 5.95. The molecule has 0 saturated heterocycles. The average molecular weight is 348 g/mol. The molecule has 0 unspecified atom stereocenters. The monoisotopic (exact) mass is 348 g/mol. The minimum absolute atomic E-state index is 0.157. The SMILES string of the molecule is CCc1c(C)c(C(=O)NC(C)(C)C)n(Cc2ccc(F)c(F)c2)c1C. The van der Waals surface area contributed by atoms with E-state index < -0.39 is 11.6 Å². The summed E-state index contributed by atoms with van der Waals surface area (Å²) in [7, 11) is 0. The van der Waals surface area contributed by atoms with Gasteiger partial charge >= 0.3 is 0 Å². The summed E-state index contributed by atoms with van der Waals surface area (Å²) >= 11 is 0. The van der Waals surface area contributed by atoms with E-state index in [9.17, 15) is 13.6 Å². The summed E-state index contributed by atoms with van der Waals surface area (Å²) < 4.78 is 28.6. The summed E-state index contributed by atoms with van der Waals surface area (Å²) in [5, 5.41) is 2.99. The zero-order chi connectivity index (χ0) is 18.9. The summed E-state index contributed by atoms with van der Waals surface area (Å²) in [6.07, 6.45) is 0.804. The molecular formula is C20H26F2N2O. The van der Waals surface area contributed by atoms with Crippen molar-refractivity contribution in [3.8, 4) is 0 Å². The summed E-state index contributed by atoms with van der Waals surface area (Å²) in [5.41, 5.74) is 3.86. The van der Waals surface area contributed by atoms with Gasteiger partial charge in [0, 0.05) is 17.8 Å². The Kier molecular flexibility index (Phi) is 5.35. The second-order valence-corrected chi connectivity index (χ2v) is 7.43. The quantitative estimate of drug-likeness (QED) is 0.866. The number of aromatic nitrogens is 1. The van der Waals surface area contributed by atoms with E-state index in [0.29, 0.717) is 17.8 Å². The minimum Gasteiger partial charge on any atom is -0.346 e. The van der Waals surface area contributed by atoms with Gasteiger partial charge in [0.15, 0.2) is 11.6 Å². The standard InChI is InChI=1S/C20H26F2N2O/c1-7-15-12(2)18(19(25)23-20(4,5)6)24(13(15)3)11-14-8-9-16(21)17(22)10-14/h8-10H,7,11H2,1-6H3,(H,23,25). The van der Waals surface area contributed by atoms with Crippen molar-refractivity contribution in [2.75, 3.05) is 0 Å². The van der Waals surface area contributed by atoms with Crippen molar-refractivity contribution >= 4 is 5.91 Å². The molecule has 25 heavy (non-hydrogen) atoms. The molecule has 1 N–H and O–H groups in total. The Labute approximate surface area is 148 Å². The molecule has 2 rings (SSSR count). The summed E-state index contributed by atoms with van der Waals surface area (Å²) in [6.45, 7) is 12.0. The predicted octanol–water partition coefficient (Wildman–Crippen LogP) is 4.52. The molecule has 0 aliphatic carbocycles. The number of halogens is 2. The third kappa shape index (κ3) is 4.09. The molecule has 136 valence electrons. The summed E-state index contributed by atoms with van der Waals surface area (Å²) in [4.78, 5) is 12.8. The van der Waals surface area contributed by atoms with Gasteiger partial charge < -0.3 is 9.88 Å². The van der Waals surface area contributed by atoms with Crippen molar-refractivity contribution < 1.29 is 13.6 Å². The molecule has 0 fully saturated rings. The number of nitrogens with zero attached hydrogens (tertiary/aromatic N) is 1. The topological polar surface area (TPSA) is 34.0 Å². The molecule has 0 spiro atoms. The van der Waals surface area contributed by atoms with Crippen molar-refractivity contribution in [1.82, 2.24) is 9.88 Å². The fraction of sp³-hybridized carbons (Fsp3) is 0.450. The molecule has 0 aliphatic rings. The highest BCUT2D eigenvalue weighted by Gasteiger charge is 2.24. The van der Waals surface area contributed by atoms with Gasteiger partial charge in [-0.05, 0) is 69.9 Å². The number of carbonyl (C=O) groups is 1. The summed E-state index contributed by atoms with van der Waals surface area (Å²) in [6, 6.07) is 3.84. The highest BCUT2D eigenvalue weighted by Crippen LogP contribution is 2.25. The van der Waals surface area contributed by atoms with Crippen LogP contribution in [0.15, 0.2) is 18.2 Å². The first-order valence-corrected chi connectivity index (χ1v) is 8.50. The Hall–Kier alpha value is -2.17. The number of hydrogen-bond acceptors (Lipinski definition) is 1. The van der Waals surface area contributed by atoms with Crippen LogP contribution >= 0.6 is 0 Å². The third-order valence-corrected chi connectivity index (χ3v) is 4.30. The van der Waals surface area contributed by atoms with Gasteiger partial charge in [0.05, 0.1) is 0 Å². The maximum absolute atomic E-state index is 13.6. The molecule has 5 heteroatoms. The van der Waals surface area contributed by atoms with E-state index in [1.54, 1.807) is 6.07 Å². The second kappa shape index (κ2) is 6.98. The van der Waals surface area contributed by atoms with E-state index in [1.807, 2.05) is 46.1 Å². The first kappa shape index (κ1) is 19.2. The van der Waals surface area contributed by atoms with Crippen LogP contribution in [0.4, 0.5) is 8.78 Å². The first-order chi connectivity index (χ1) is 11.5. The van der Waals surface area contributed by atoms with Gasteiger partial charge in [0.1, 0.15) is 5.69 Å². The lowest BCUT2D eigenvalue weighted by atomic mass is 10.1. The van der Waals surface area contributed by atoms with Gasteiger partial charge in [0.25, 0.3) is 5.91 Å². The van der Waals surface area contributed by atoms with Crippen molar-refractivity contribution in [2.24, 2.45) is 0 Å². The van der Waals surface area contributed by atoms with Crippen molar-refractivity contribution in [1.29, 1.82) is 0 Å². The molecular weight excluding hydrogens is 322 g/mol. The zero-order valence-electron chi connectivity index (χ0n) is 15.8. The van der Waals surface area contributed by atoms with E-state index >= 15 is 0 Å². The van der Waals surface area contributed by atoms with Crippen molar-refractivity contribution in [3.63, 3.8) is 0 Å². The number of carbonyl (C=O) groups excluding carboxylic acids is 1. The maximum atomic E-state index is 13.6. The fourth-order valence-electron chi connectivity index (χ4n) is 3.18. The van der Waals surface area contributed by atoms with E-state index in [1.165, 1.54) is 6.07 Å². The molecule has 1 heterocycles. The van der Waals surface area contributed by atoms with Gasteiger partial charge in [-0.1, -0.05) is 13.0 Å². The van der Waals surface area contributed by atoms with E-state index in [2.05, 4.69) is 5.32 Å². The average Bonchev–Trinajstić information content (AvgIpc) is 2.72. The van der Waals surface area contributed by atoms with E-state index in [0.717, 1.165) is 29.3 Å². The van der Waals surface area contributed by atoms with Gasteiger partial charge in [-0.3, -0.25) is 4.79 Å². The molecule has 2 aromatic rings. The largest absolute Gasteiger partial charge is 0.346 e. The zero-order valence-corrected chi connectivity index (χ0v) is 15.8. The number of hydrogen-bond donors (Lipinski definition) is 1. The number of amides is 1. The van der Waals surface area contributed by atoms with Crippen LogP contribution in [0.25, 0.3) is 0 Å². The number of benzene rings is 1. The Morgan fingerprint density at radius 1 is 1.16 bits per heavy atom. The molecule has 1 aromatic heterocycles. The molecule has 0 aliphatic heterocycles. The molecule has 0 bridgehead atoms. The maximum Gasteiger partial charge on any atom is 0.268 e. The van der Waals surface area contributed by atoms with Gasteiger partial charge in [-0.25, -0.2) is 8.78 Å². The van der Waals surface area contributed by atoms with Crippen LogP contribution in [0.5, 0.6) is 0 Å². The van der Waals surface area contributed by atoms with Crippen LogP contribution < -0.4 is 5.32 Å².